The third-order valence-electron chi connectivity index (χ3n) is 5.42. The lowest BCUT2D eigenvalue weighted by Gasteiger charge is -2.33. The van der Waals surface area contributed by atoms with Crippen LogP contribution in [0.3, 0.4) is 0 Å². The van der Waals surface area contributed by atoms with E-state index in [1.54, 1.807) is 26.0 Å². The number of ether oxygens (including phenoxy) is 2. The van der Waals surface area contributed by atoms with Gasteiger partial charge in [-0.05, 0) is 56.2 Å². The van der Waals surface area contributed by atoms with Crippen molar-refractivity contribution in [3.63, 3.8) is 0 Å². The van der Waals surface area contributed by atoms with Gasteiger partial charge in [0.2, 0.25) is 5.91 Å². The molecule has 1 atom stereocenters. The van der Waals surface area contributed by atoms with E-state index in [4.69, 9.17) is 9.47 Å². The molecular formula is C25H28N2O6. The second kappa shape index (κ2) is 10.8. The lowest BCUT2D eigenvalue weighted by Crippen LogP contribution is -2.49. The molecule has 8 nitrogen and oxygen atoms in total. The number of fused-ring (bicyclic) bond motifs is 1. The minimum atomic E-state index is -0.837. The van der Waals surface area contributed by atoms with E-state index in [9.17, 15) is 19.2 Å². The number of rotatable bonds is 9. The first-order valence-electron chi connectivity index (χ1n) is 11.0. The maximum Gasteiger partial charge on any atom is 0.306 e. The zero-order valence-electron chi connectivity index (χ0n) is 19.1. The van der Waals surface area contributed by atoms with Crippen LogP contribution in [0.25, 0.3) is 0 Å². The van der Waals surface area contributed by atoms with E-state index < -0.39 is 12.0 Å². The summed E-state index contributed by atoms with van der Waals surface area (Å²) in [5, 5.41) is 2.83. The zero-order chi connectivity index (χ0) is 24.0. The average molecular weight is 453 g/mol. The number of hydrogen-bond acceptors (Lipinski definition) is 6. The number of carbonyl (C=O) groups excluding carboxylic acids is 4. The number of benzene rings is 2. The molecule has 3 rings (SSSR count). The number of nitrogens with one attached hydrogen (secondary N) is 1. The van der Waals surface area contributed by atoms with Crippen molar-refractivity contribution in [1.29, 1.82) is 0 Å². The number of hydrogen-bond donors (Lipinski definition) is 1. The lowest BCUT2D eigenvalue weighted by molar-refractivity contribution is -0.143. The first-order chi connectivity index (χ1) is 15.8. The highest BCUT2D eigenvalue weighted by Crippen LogP contribution is 2.35. The topological polar surface area (TPSA) is 102 Å². The lowest BCUT2D eigenvalue weighted by atomic mass is 10.0. The van der Waals surface area contributed by atoms with Crippen molar-refractivity contribution in [2.45, 2.75) is 46.1 Å². The monoisotopic (exact) mass is 452 g/mol. The molecule has 1 aliphatic rings. The smallest absolute Gasteiger partial charge is 0.306 e. The van der Waals surface area contributed by atoms with Crippen LogP contribution < -0.4 is 15.0 Å². The molecule has 0 aliphatic carbocycles. The van der Waals surface area contributed by atoms with Gasteiger partial charge in [-0.2, -0.15) is 0 Å². The number of nitrogens with zero attached hydrogens (tertiary/aromatic N) is 1. The Bertz CT molecular complexity index is 1050. The summed E-state index contributed by atoms with van der Waals surface area (Å²) in [5.74, 6) is -1.05. The van der Waals surface area contributed by atoms with Crippen molar-refractivity contribution >= 4 is 34.9 Å². The summed E-state index contributed by atoms with van der Waals surface area (Å²) in [4.78, 5) is 51.1. The molecule has 2 aromatic carbocycles. The number of aryl methyl sites for hydroxylation is 1. The Morgan fingerprint density at radius 2 is 1.82 bits per heavy atom. The third kappa shape index (κ3) is 5.77. The summed E-state index contributed by atoms with van der Waals surface area (Å²) in [6.45, 7) is 5.42. The Hall–Kier alpha value is -3.68. The van der Waals surface area contributed by atoms with E-state index in [1.165, 1.54) is 11.0 Å². The van der Waals surface area contributed by atoms with Crippen LogP contribution in [0, 0.1) is 0 Å². The third-order valence-corrected chi connectivity index (χ3v) is 5.42. The first kappa shape index (κ1) is 24.0. The quantitative estimate of drug-likeness (QED) is 0.461. The van der Waals surface area contributed by atoms with Crippen LogP contribution in [-0.4, -0.2) is 42.8 Å². The van der Waals surface area contributed by atoms with Gasteiger partial charge in [0.15, 0.2) is 12.4 Å². The molecule has 1 aliphatic heterocycles. The summed E-state index contributed by atoms with van der Waals surface area (Å²) in [6, 6.07) is 11.4. The van der Waals surface area contributed by atoms with Crippen LogP contribution >= 0.6 is 0 Å². The SMILES string of the molecule is CCOC(=O)CCC(=O)c1ccc2c(c1)N(C(C)C(=O)Nc1ccc(CC)cc1)C(=O)CO2. The van der Waals surface area contributed by atoms with Crippen molar-refractivity contribution in [1.82, 2.24) is 0 Å². The summed E-state index contributed by atoms with van der Waals surface area (Å²) in [7, 11) is 0. The number of carbonyl (C=O) groups is 4. The Morgan fingerprint density at radius 1 is 1.09 bits per heavy atom. The van der Waals surface area contributed by atoms with Gasteiger partial charge in [0, 0.05) is 17.7 Å². The second-order valence-electron chi connectivity index (χ2n) is 7.68. The summed E-state index contributed by atoms with van der Waals surface area (Å²) < 4.78 is 10.4. The number of anilines is 2. The standard InChI is InChI=1S/C25H28N2O6/c1-4-17-6-9-19(10-7-17)26-25(31)16(3)27-20-14-18(8-12-22(20)33-15-23(27)29)21(28)11-13-24(30)32-5-2/h6-10,12,14,16H,4-5,11,13,15H2,1-3H3,(H,26,31). The minimum Gasteiger partial charge on any atom is -0.482 e. The van der Waals surface area contributed by atoms with E-state index in [1.807, 2.05) is 31.2 Å². The molecule has 0 saturated carbocycles. The predicted molar refractivity (Wildman–Crippen MR) is 124 cm³/mol. The van der Waals surface area contributed by atoms with Gasteiger partial charge in [-0.25, -0.2) is 0 Å². The first-order valence-corrected chi connectivity index (χ1v) is 11.0. The van der Waals surface area contributed by atoms with Crippen LogP contribution in [0.4, 0.5) is 11.4 Å². The zero-order valence-corrected chi connectivity index (χ0v) is 19.1. The molecule has 1 heterocycles. The Kier molecular flexibility index (Phi) is 7.82. The maximum atomic E-state index is 12.9. The van der Waals surface area contributed by atoms with Crippen molar-refractivity contribution in [3.8, 4) is 5.75 Å². The Labute approximate surface area is 192 Å². The molecule has 2 amide bonds. The minimum absolute atomic E-state index is 0.0176. The van der Waals surface area contributed by atoms with Crippen LogP contribution in [-0.2, 0) is 25.5 Å². The van der Waals surface area contributed by atoms with Gasteiger partial charge in [0.1, 0.15) is 11.8 Å². The highest BCUT2D eigenvalue weighted by atomic mass is 16.5. The molecular weight excluding hydrogens is 424 g/mol. The van der Waals surface area contributed by atoms with E-state index >= 15 is 0 Å². The Balaban J connectivity index is 1.78. The van der Waals surface area contributed by atoms with Crippen molar-refractivity contribution in [2.24, 2.45) is 0 Å². The summed E-state index contributed by atoms with van der Waals surface area (Å²) >= 11 is 0. The summed E-state index contributed by atoms with van der Waals surface area (Å²) in [5.41, 5.74) is 2.45. The van der Waals surface area contributed by atoms with Crippen molar-refractivity contribution in [2.75, 3.05) is 23.4 Å². The molecule has 0 radical (unpaired) electrons. The fourth-order valence-corrected chi connectivity index (χ4v) is 3.55. The van der Waals surface area contributed by atoms with Gasteiger partial charge in [0.25, 0.3) is 5.91 Å². The molecule has 33 heavy (non-hydrogen) atoms. The van der Waals surface area contributed by atoms with Crippen LogP contribution in [0.2, 0.25) is 0 Å². The molecule has 8 heteroatoms. The van der Waals surface area contributed by atoms with E-state index in [0.29, 0.717) is 22.7 Å². The number of Topliss-reactive ketones (excluding diaryl/α,β-unsaturated/α-hetero) is 1. The molecule has 0 spiro atoms. The fraction of sp³-hybridized carbons (Fsp3) is 0.360. The summed E-state index contributed by atoms with van der Waals surface area (Å²) in [6.07, 6.45) is 0.847. The van der Waals surface area contributed by atoms with Crippen LogP contribution in [0.15, 0.2) is 42.5 Å². The molecule has 0 saturated heterocycles. The van der Waals surface area contributed by atoms with E-state index in [2.05, 4.69) is 5.32 Å². The van der Waals surface area contributed by atoms with Gasteiger partial charge < -0.3 is 14.8 Å². The molecule has 1 unspecified atom stereocenters. The van der Waals surface area contributed by atoms with Crippen LogP contribution in [0.5, 0.6) is 5.75 Å². The van der Waals surface area contributed by atoms with Crippen LogP contribution in [0.1, 0.15) is 49.5 Å². The van der Waals surface area contributed by atoms with Crippen molar-refractivity contribution < 1.29 is 28.7 Å². The molecule has 0 bridgehead atoms. The van der Waals surface area contributed by atoms with Gasteiger partial charge in [-0.3, -0.25) is 24.1 Å². The number of ketones is 1. The van der Waals surface area contributed by atoms with Gasteiger partial charge in [0.05, 0.1) is 18.7 Å². The van der Waals surface area contributed by atoms with Gasteiger partial charge in [-0.1, -0.05) is 19.1 Å². The number of esters is 1. The molecule has 0 fully saturated rings. The van der Waals surface area contributed by atoms with E-state index in [0.717, 1.165) is 12.0 Å². The highest BCUT2D eigenvalue weighted by molar-refractivity contribution is 6.08. The molecule has 0 aromatic heterocycles. The Morgan fingerprint density at radius 3 is 2.48 bits per heavy atom. The predicted octanol–water partition coefficient (Wildman–Crippen LogP) is 3.53. The van der Waals surface area contributed by atoms with Gasteiger partial charge >= 0.3 is 5.97 Å². The molecule has 174 valence electrons. The molecule has 1 N–H and O–H groups in total. The largest absolute Gasteiger partial charge is 0.482 e. The fourth-order valence-electron chi connectivity index (χ4n) is 3.55. The molecule has 2 aromatic rings. The number of amides is 2. The second-order valence-corrected chi connectivity index (χ2v) is 7.68. The normalized spacial score (nSPS) is 13.5. The van der Waals surface area contributed by atoms with Gasteiger partial charge in [-0.15, -0.1) is 0 Å². The van der Waals surface area contributed by atoms with E-state index in [-0.39, 0.29) is 43.7 Å². The highest BCUT2D eigenvalue weighted by Gasteiger charge is 2.33. The average Bonchev–Trinajstić information content (AvgIpc) is 2.82. The van der Waals surface area contributed by atoms with Crippen molar-refractivity contribution in [3.05, 3.63) is 53.6 Å². The maximum absolute atomic E-state index is 12.9.